The highest BCUT2D eigenvalue weighted by molar-refractivity contribution is 5.80. The van der Waals surface area contributed by atoms with E-state index < -0.39 is 0 Å². The van der Waals surface area contributed by atoms with Crippen molar-refractivity contribution in [3.8, 4) is 18.2 Å². The molecule has 96 valence electrons. The number of anilines is 1. The van der Waals surface area contributed by atoms with Crippen molar-refractivity contribution in [3.63, 3.8) is 0 Å². The Morgan fingerprint density at radius 3 is 2.89 bits per heavy atom. The predicted octanol–water partition coefficient (Wildman–Crippen LogP) is 0.425. The van der Waals surface area contributed by atoms with E-state index in [9.17, 15) is 4.79 Å². The van der Waals surface area contributed by atoms with Crippen LogP contribution in [-0.4, -0.2) is 35.1 Å². The van der Waals surface area contributed by atoms with Crippen molar-refractivity contribution >= 4 is 11.7 Å². The fraction of sp³-hybridized carbons (Fsp3) is 0.417. The molecule has 0 aliphatic carbocycles. The molecule has 0 fully saturated rings. The van der Waals surface area contributed by atoms with Gasteiger partial charge in [0.1, 0.15) is 0 Å². The molecule has 0 radical (unpaired) electrons. The van der Waals surface area contributed by atoms with Crippen molar-refractivity contribution in [2.45, 2.75) is 20.0 Å². The van der Waals surface area contributed by atoms with Gasteiger partial charge in [-0.25, -0.2) is 9.97 Å². The first-order valence-corrected chi connectivity index (χ1v) is 5.55. The fourth-order valence-corrected chi connectivity index (χ4v) is 1.13. The van der Waals surface area contributed by atoms with Crippen LogP contribution in [0.15, 0.2) is 12.4 Å². The van der Waals surface area contributed by atoms with Gasteiger partial charge in [-0.2, -0.15) is 0 Å². The number of hydrogen-bond donors (Lipinski definition) is 2. The molecule has 0 bridgehead atoms. The molecule has 1 aromatic heterocycles. The topological polar surface area (TPSA) is 76.1 Å². The van der Waals surface area contributed by atoms with Crippen molar-refractivity contribution < 1.29 is 9.53 Å². The highest BCUT2D eigenvalue weighted by atomic mass is 16.5. The molecule has 0 unspecified atom stereocenters. The average Bonchev–Trinajstić information content (AvgIpc) is 2.34. The molecule has 0 saturated carbocycles. The second-order valence-electron chi connectivity index (χ2n) is 3.71. The number of nitrogens with zero attached hydrogens (tertiary/aromatic N) is 2. The van der Waals surface area contributed by atoms with Gasteiger partial charge in [-0.15, -0.1) is 6.42 Å². The van der Waals surface area contributed by atoms with Crippen molar-refractivity contribution in [3.05, 3.63) is 12.4 Å². The first-order chi connectivity index (χ1) is 8.63. The van der Waals surface area contributed by atoms with E-state index >= 15 is 0 Å². The zero-order valence-electron chi connectivity index (χ0n) is 10.4. The van der Waals surface area contributed by atoms with Crippen LogP contribution in [0.1, 0.15) is 13.8 Å². The monoisotopic (exact) mass is 248 g/mol. The molecule has 1 rings (SSSR count). The van der Waals surface area contributed by atoms with Gasteiger partial charge in [0.15, 0.2) is 5.82 Å². The summed E-state index contributed by atoms with van der Waals surface area (Å²) in [5.74, 6) is 2.91. The van der Waals surface area contributed by atoms with E-state index in [1.54, 1.807) is 0 Å². The number of terminal acetylenes is 1. The molecule has 2 N–H and O–H groups in total. The molecule has 1 heterocycles. The maximum atomic E-state index is 11.4. The predicted molar refractivity (Wildman–Crippen MR) is 68.1 cm³/mol. The summed E-state index contributed by atoms with van der Waals surface area (Å²) in [6.45, 7) is 4.04. The van der Waals surface area contributed by atoms with Crippen LogP contribution >= 0.6 is 0 Å². The van der Waals surface area contributed by atoms with Gasteiger partial charge < -0.3 is 15.4 Å². The lowest BCUT2D eigenvalue weighted by molar-refractivity contribution is -0.119. The van der Waals surface area contributed by atoms with Crippen molar-refractivity contribution in [1.82, 2.24) is 15.3 Å². The Hall–Kier alpha value is -2.29. The highest BCUT2D eigenvalue weighted by Crippen LogP contribution is 2.18. The third kappa shape index (κ3) is 4.70. The van der Waals surface area contributed by atoms with Gasteiger partial charge >= 0.3 is 0 Å². The molecule has 1 aromatic rings. The van der Waals surface area contributed by atoms with E-state index in [-0.39, 0.29) is 25.1 Å². The number of ether oxygens (including phenoxy) is 1. The summed E-state index contributed by atoms with van der Waals surface area (Å²) in [6.07, 6.45) is 8.07. The van der Waals surface area contributed by atoms with Crippen LogP contribution in [0.5, 0.6) is 5.88 Å². The first kappa shape index (κ1) is 13.8. The highest BCUT2D eigenvalue weighted by Gasteiger charge is 2.09. The summed E-state index contributed by atoms with van der Waals surface area (Å²) < 4.78 is 5.46. The number of hydrogen-bond acceptors (Lipinski definition) is 5. The van der Waals surface area contributed by atoms with E-state index in [0.29, 0.717) is 11.7 Å². The van der Waals surface area contributed by atoms with Crippen molar-refractivity contribution in [2.24, 2.45) is 0 Å². The molecule has 1 amide bonds. The van der Waals surface area contributed by atoms with Gasteiger partial charge in [0.05, 0.1) is 19.2 Å². The minimum Gasteiger partial charge on any atom is -0.472 e. The van der Waals surface area contributed by atoms with Gasteiger partial charge in [0.2, 0.25) is 5.91 Å². The molecular formula is C12H16N4O2. The number of carbonyl (C=O) groups is 1. The minimum absolute atomic E-state index is 0.0162. The van der Waals surface area contributed by atoms with Crippen LogP contribution in [-0.2, 0) is 4.79 Å². The Bertz CT molecular complexity index is 440. The SMILES string of the molecule is C#CCNC(=O)CNc1nccnc1OC(C)C. The molecule has 0 saturated heterocycles. The van der Waals surface area contributed by atoms with Crippen LogP contribution in [0.4, 0.5) is 5.82 Å². The average molecular weight is 248 g/mol. The maximum Gasteiger partial charge on any atom is 0.257 e. The lowest BCUT2D eigenvalue weighted by Crippen LogP contribution is -2.30. The van der Waals surface area contributed by atoms with E-state index in [0.717, 1.165) is 0 Å². The quantitative estimate of drug-likeness (QED) is 0.714. The van der Waals surface area contributed by atoms with Gasteiger partial charge in [0, 0.05) is 12.4 Å². The fourth-order valence-electron chi connectivity index (χ4n) is 1.13. The van der Waals surface area contributed by atoms with Crippen LogP contribution < -0.4 is 15.4 Å². The van der Waals surface area contributed by atoms with Crippen molar-refractivity contribution in [2.75, 3.05) is 18.4 Å². The van der Waals surface area contributed by atoms with E-state index in [4.69, 9.17) is 11.2 Å². The lowest BCUT2D eigenvalue weighted by Gasteiger charge is -2.12. The van der Waals surface area contributed by atoms with Gasteiger partial charge in [-0.3, -0.25) is 4.79 Å². The lowest BCUT2D eigenvalue weighted by atomic mass is 10.4. The molecule has 6 heteroatoms. The number of rotatable bonds is 6. The summed E-state index contributed by atoms with van der Waals surface area (Å²) in [6, 6.07) is 0. The van der Waals surface area contributed by atoms with Crippen LogP contribution in [0.3, 0.4) is 0 Å². The Morgan fingerprint density at radius 2 is 2.22 bits per heavy atom. The van der Waals surface area contributed by atoms with Crippen LogP contribution in [0, 0.1) is 12.3 Å². The smallest absolute Gasteiger partial charge is 0.257 e. The van der Waals surface area contributed by atoms with Gasteiger partial charge in [0.25, 0.3) is 5.88 Å². The van der Waals surface area contributed by atoms with Crippen molar-refractivity contribution in [1.29, 1.82) is 0 Å². The Balaban J connectivity index is 2.56. The first-order valence-electron chi connectivity index (χ1n) is 5.55. The third-order valence-corrected chi connectivity index (χ3v) is 1.82. The standard InChI is InChI=1S/C12H16N4O2/c1-4-5-13-10(17)8-16-11-12(18-9(2)3)15-7-6-14-11/h1,6-7,9H,5,8H2,2-3H3,(H,13,17)(H,14,16). The number of aromatic nitrogens is 2. The summed E-state index contributed by atoms with van der Waals surface area (Å²) in [5.41, 5.74) is 0. The van der Waals surface area contributed by atoms with Crippen LogP contribution in [0.25, 0.3) is 0 Å². The molecule has 0 atom stereocenters. The number of amides is 1. The summed E-state index contributed by atoms with van der Waals surface area (Å²) in [4.78, 5) is 19.5. The molecule has 0 aliphatic heterocycles. The second kappa shape index (κ2) is 7.12. The molecule has 0 spiro atoms. The normalized spacial score (nSPS) is 9.67. The molecular weight excluding hydrogens is 232 g/mol. The van der Waals surface area contributed by atoms with E-state index in [2.05, 4.69) is 26.5 Å². The number of carbonyl (C=O) groups excluding carboxylic acids is 1. The summed E-state index contributed by atoms with van der Waals surface area (Å²) >= 11 is 0. The van der Waals surface area contributed by atoms with E-state index in [1.165, 1.54) is 12.4 Å². The minimum atomic E-state index is -0.214. The Morgan fingerprint density at radius 1 is 1.50 bits per heavy atom. The van der Waals surface area contributed by atoms with Crippen LogP contribution in [0.2, 0.25) is 0 Å². The zero-order chi connectivity index (χ0) is 13.4. The van der Waals surface area contributed by atoms with Gasteiger partial charge in [-0.1, -0.05) is 5.92 Å². The number of nitrogens with one attached hydrogen (secondary N) is 2. The molecule has 6 nitrogen and oxygen atoms in total. The van der Waals surface area contributed by atoms with E-state index in [1.807, 2.05) is 13.8 Å². The molecule has 0 aliphatic rings. The molecule has 0 aromatic carbocycles. The summed E-state index contributed by atoms with van der Waals surface area (Å²) in [7, 11) is 0. The Labute approximate surface area is 106 Å². The second-order valence-corrected chi connectivity index (χ2v) is 3.71. The maximum absolute atomic E-state index is 11.4. The third-order valence-electron chi connectivity index (χ3n) is 1.82. The molecule has 18 heavy (non-hydrogen) atoms. The summed E-state index contributed by atoms with van der Waals surface area (Å²) in [5, 5.41) is 5.38. The zero-order valence-corrected chi connectivity index (χ0v) is 10.4. The van der Waals surface area contributed by atoms with Gasteiger partial charge in [-0.05, 0) is 13.8 Å². The largest absolute Gasteiger partial charge is 0.472 e. The Kier molecular flexibility index (Phi) is 5.45.